The first-order valence-electron chi connectivity index (χ1n) is 2.78. The van der Waals surface area contributed by atoms with Gasteiger partial charge in [-0.15, -0.1) is 0 Å². The Hall–Kier alpha value is -1.32. The van der Waals surface area contributed by atoms with Gasteiger partial charge in [-0.3, -0.25) is 4.79 Å². The molecule has 0 saturated carbocycles. The maximum absolute atomic E-state index is 10.6. The van der Waals surface area contributed by atoms with Gasteiger partial charge in [-0.25, -0.2) is 4.79 Å². The molecule has 1 aliphatic rings. The summed E-state index contributed by atoms with van der Waals surface area (Å²) in [6.45, 7) is 1.58. The predicted octanol–water partition coefficient (Wildman–Crippen LogP) is 0.148. The van der Waals surface area contributed by atoms with Gasteiger partial charge >= 0.3 is 11.9 Å². The van der Waals surface area contributed by atoms with Crippen LogP contribution in [-0.2, 0) is 14.3 Å². The van der Waals surface area contributed by atoms with E-state index in [-0.39, 0.29) is 5.76 Å². The maximum Gasteiger partial charge on any atom is 0.371 e. The SMILES string of the molecule is CC1C=C(C(=O)O)OC1=O. The quantitative estimate of drug-likeness (QED) is 0.529. The van der Waals surface area contributed by atoms with E-state index in [1.807, 2.05) is 0 Å². The second-order valence-electron chi connectivity index (χ2n) is 2.05. The molecule has 1 aliphatic heterocycles. The lowest BCUT2D eigenvalue weighted by Crippen LogP contribution is -2.06. The summed E-state index contributed by atoms with van der Waals surface area (Å²) in [6, 6.07) is 0. The van der Waals surface area contributed by atoms with Crippen molar-refractivity contribution in [2.24, 2.45) is 5.92 Å². The minimum Gasteiger partial charge on any atom is -0.475 e. The van der Waals surface area contributed by atoms with Crippen LogP contribution in [0.5, 0.6) is 0 Å². The van der Waals surface area contributed by atoms with E-state index in [1.165, 1.54) is 6.08 Å². The van der Waals surface area contributed by atoms with Crippen molar-refractivity contribution in [1.29, 1.82) is 0 Å². The zero-order chi connectivity index (χ0) is 7.72. The number of ether oxygens (including phenoxy) is 1. The van der Waals surface area contributed by atoms with Gasteiger partial charge in [0.05, 0.1) is 5.92 Å². The Balaban J connectivity index is 2.77. The second kappa shape index (κ2) is 2.13. The van der Waals surface area contributed by atoms with Gasteiger partial charge in [-0.1, -0.05) is 0 Å². The highest BCUT2D eigenvalue weighted by atomic mass is 16.6. The Morgan fingerprint density at radius 3 is 2.60 bits per heavy atom. The maximum atomic E-state index is 10.6. The third-order valence-corrected chi connectivity index (χ3v) is 1.19. The zero-order valence-corrected chi connectivity index (χ0v) is 5.33. The summed E-state index contributed by atoms with van der Waals surface area (Å²) in [4.78, 5) is 20.7. The largest absolute Gasteiger partial charge is 0.475 e. The Morgan fingerprint density at radius 2 is 2.40 bits per heavy atom. The summed E-state index contributed by atoms with van der Waals surface area (Å²) in [5.74, 6) is -2.39. The molecule has 0 saturated heterocycles. The standard InChI is InChI=1S/C6H6O4/c1-3-2-4(5(7)8)10-6(3)9/h2-3H,1H3,(H,7,8). The summed E-state index contributed by atoms with van der Waals surface area (Å²) in [7, 11) is 0. The molecule has 0 spiro atoms. The molecule has 0 radical (unpaired) electrons. The van der Waals surface area contributed by atoms with Crippen LogP contribution >= 0.6 is 0 Å². The van der Waals surface area contributed by atoms with E-state index in [2.05, 4.69) is 4.74 Å². The fourth-order valence-corrected chi connectivity index (χ4v) is 0.645. The number of carboxylic acids is 1. The average Bonchev–Trinajstić information content (AvgIpc) is 2.13. The molecule has 0 amide bonds. The van der Waals surface area contributed by atoms with Crippen LogP contribution in [0.15, 0.2) is 11.8 Å². The number of hydrogen-bond donors (Lipinski definition) is 1. The normalized spacial score (nSPS) is 23.9. The van der Waals surface area contributed by atoms with E-state index < -0.39 is 17.9 Å². The van der Waals surface area contributed by atoms with Gasteiger partial charge in [0, 0.05) is 0 Å². The fraction of sp³-hybridized carbons (Fsp3) is 0.333. The molecular formula is C6H6O4. The highest BCUT2D eigenvalue weighted by molar-refractivity contribution is 5.92. The lowest BCUT2D eigenvalue weighted by atomic mass is 10.2. The summed E-state index contributed by atoms with van der Waals surface area (Å²) in [5, 5.41) is 8.30. The Labute approximate surface area is 57.1 Å². The molecule has 4 nitrogen and oxygen atoms in total. The molecule has 0 bridgehead atoms. The van der Waals surface area contributed by atoms with Crippen LogP contribution in [0.4, 0.5) is 0 Å². The van der Waals surface area contributed by atoms with Crippen LogP contribution in [-0.4, -0.2) is 17.0 Å². The molecule has 4 heteroatoms. The average molecular weight is 142 g/mol. The number of cyclic esters (lactones) is 1. The van der Waals surface area contributed by atoms with Crippen molar-refractivity contribution >= 4 is 11.9 Å². The molecule has 1 unspecified atom stereocenters. The fourth-order valence-electron chi connectivity index (χ4n) is 0.645. The number of rotatable bonds is 1. The Kier molecular flexibility index (Phi) is 1.45. The summed E-state index contributed by atoms with van der Waals surface area (Å²) < 4.78 is 4.36. The molecule has 0 aromatic rings. The van der Waals surface area contributed by atoms with E-state index in [0.717, 1.165) is 0 Å². The molecule has 1 heterocycles. The first kappa shape index (κ1) is 6.80. The van der Waals surface area contributed by atoms with Gasteiger partial charge < -0.3 is 9.84 Å². The van der Waals surface area contributed by atoms with E-state index in [0.29, 0.717) is 0 Å². The number of aliphatic carboxylic acids is 1. The van der Waals surface area contributed by atoms with Crippen molar-refractivity contribution in [2.75, 3.05) is 0 Å². The Morgan fingerprint density at radius 1 is 1.80 bits per heavy atom. The number of carbonyl (C=O) groups is 2. The van der Waals surface area contributed by atoms with Gasteiger partial charge in [-0.05, 0) is 13.0 Å². The van der Waals surface area contributed by atoms with Crippen molar-refractivity contribution in [1.82, 2.24) is 0 Å². The highest BCUT2D eigenvalue weighted by Crippen LogP contribution is 2.16. The third kappa shape index (κ3) is 1.00. The molecule has 1 N–H and O–H groups in total. The van der Waals surface area contributed by atoms with E-state index in [9.17, 15) is 9.59 Å². The zero-order valence-electron chi connectivity index (χ0n) is 5.33. The van der Waals surface area contributed by atoms with Gasteiger partial charge in [0.1, 0.15) is 0 Å². The predicted molar refractivity (Wildman–Crippen MR) is 31.0 cm³/mol. The number of hydrogen-bond acceptors (Lipinski definition) is 3. The van der Waals surface area contributed by atoms with Crippen LogP contribution in [0.3, 0.4) is 0 Å². The lowest BCUT2D eigenvalue weighted by molar-refractivity contribution is -0.147. The molecule has 1 atom stereocenters. The topological polar surface area (TPSA) is 63.6 Å². The van der Waals surface area contributed by atoms with Gasteiger partial charge in [-0.2, -0.15) is 0 Å². The second-order valence-corrected chi connectivity index (χ2v) is 2.05. The molecule has 0 aromatic heterocycles. The van der Waals surface area contributed by atoms with Gasteiger partial charge in [0.25, 0.3) is 0 Å². The molecule has 10 heavy (non-hydrogen) atoms. The number of carboxylic acid groups (broad SMARTS) is 1. The summed E-state index contributed by atoms with van der Waals surface area (Å²) >= 11 is 0. The molecule has 0 aromatic carbocycles. The Bertz CT molecular complexity index is 216. The van der Waals surface area contributed by atoms with E-state index in [1.54, 1.807) is 6.92 Å². The van der Waals surface area contributed by atoms with Crippen molar-refractivity contribution in [3.05, 3.63) is 11.8 Å². The van der Waals surface area contributed by atoms with Crippen molar-refractivity contribution in [3.8, 4) is 0 Å². The van der Waals surface area contributed by atoms with Crippen LogP contribution < -0.4 is 0 Å². The molecular weight excluding hydrogens is 136 g/mol. The van der Waals surface area contributed by atoms with Crippen LogP contribution in [0.1, 0.15) is 6.92 Å². The number of carbonyl (C=O) groups excluding carboxylic acids is 1. The van der Waals surface area contributed by atoms with Crippen LogP contribution in [0.25, 0.3) is 0 Å². The van der Waals surface area contributed by atoms with Gasteiger partial charge in [0.15, 0.2) is 0 Å². The molecule has 1 rings (SSSR count). The molecule has 54 valence electrons. The first-order chi connectivity index (χ1) is 4.61. The van der Waals surface area contributed by atoms with E-state index >= 15 is 0 Å². The van der Waals surface area contributed by atoms with Crippen molar-refractivity contribution in [3.63, 3.8) is 0 Å². The summed E-state index contributed by atoms with van der Waals surface area (Å²) in [6.07, 6.45) is 1.28. The third-order valence-electron chi connectivity index (χ3n) is 1.19. The first-order valence-corrected chi connectivity index (χ1v) is 2.78. The van der Waals surface area contributed by atoms with Gasteiger partial charge in [0.2, 0.25) is 5.76 Å². The molecule has 0 fully saturated rings. The molecule has 0 aliphatic carbocycles. The summed E-state index contributed by atoms with van der Waals surface area (Å²) in [5.41, 5.74) is 0. The van der Waals surface area contributed by atoms with Crippen molar-refractivity contribution < 1.29 is 19.4 Å². The minimum atomic E-state index is -1.20. The van der Waals surface area contributed by atoms with Crippen molar-refractivity contribution in [2.45, 2.75) is 6.92 Å². The minimum absolute atomic E-state index is 0.266. The highest BCUT2D eigenvalue weighted by Gasteiger charge is 2.26. The smallest absolute Gasteiger partial charge is 0.371 e. The monoisotopic (exact) mass is 142 g/mol. The lowest BCUT2D eigenvalue weighted by Gasteiger charge is -1.93. The van der Waals surface area contributed by atoms with Crippen LogP contribution in [0.2, 0.25) is 0 Å². The van der Waals surface area contributed by atoms with Crippen LogP contribution in [0, 0.1) is 5.92 Å². The van der Waals surface area contributed by atoms with E-state index in [4.69, 9.17) is 5.11 Å². The number of esters is 1.